The minimum Gasteiger partial charge on any atom is -0.497 e. The molecule has 0 radical (unpaired) electrons. The number of ether oxygens (including phenoxy) is 1. The summed E-state index contributed by atoms with van der Waals surface area (Å²) in [5, 5.41) is 8.07. The van der Waals surface area contributed by atoms with Crippen LogP contribution in [0.15, 0.2) is 30.5 Å². The third-order valence-electron chi connectivity index (χ3n) is 3.50. The molecule has 0 saturated heterocycles. The Morgan fingerprint density at radius 2 is 1.95 bits per heavy atom. The summed E-state index contributed by atoms with van der Waals surface area (Å²) in [4.78, 5) is 0. The van der Waals surface area contributed by atoms with Gasteiger partial charge in [0, 0.05) is 13.2 Å². The van der Waals surface area contributed by atoms with Crippen molar-refractivity contribution >= 4 is 5.69 Å². The summed E-state index contributed by atoms with van der Waals surface area (Å²) in [6.45, 7) is 4.31. The molecule has 1 heterocycles. The van der Waals surface area contributed by atoms with Crippen molar-refractivity contribution in [3.05, 3.63) is 41.7 Å². The molecule has 1 aromatic heterocycles. The van der Waals surface area contributed by atoms with Gasteiger partial charge in [-0.25, -0.2) is 0 Å². The fourth-order valence-electron chi connectivity index (χ4n) is 2.36. The van der Waals surface area contributed by atoms with Crippen LogP contribution in [0.2, 0.25) is 0 Å². The third-order valence-corrected chi connectivity index (χ3v) is 3.50. The van der Waals surface area contributed by atoms with Gasteiger partial charge in [0.25, 0.3) is 0 Å². The van der Waals surface area contributed by atoms with E-state index in [4.69, 9.17) is 4.74 Å². The maximum absolute atomic E-state index is 5.21. The molecule has 1 N–H and O–H groups in total. The van der Waals surface area contributed by atoms with Gasteiger partial charge in [0.2, 0.25) is 0 Å². The average Bonchev–Trinajstić information content (AvgIpc) is 2.84. The summed E-state index contributed by atoms with van der Waals surface area (Å²) in [7, 11) is 3.65. The Morgan fingerprint density at radius 3 is 2.50 bits per heavy atom. The van der Waals surface area contributed by atoms with Gasteiger partial charge in [0.15, 0.2) is 0 Å². The largest absolute Gasteiger partial charge is 0.497 e. The second-order valence-electron chi connectivity index (χ2n) is 4.90. The van der Waals surface area contributed by atoms with E-state index in [9.17, 15) is 0 Å². The number of nitrogens with one attached hydrogen (secondary N) is 1. The fraction of sp³-hybridized carbons (Fsp3) is 0.438. The maximum atomic E-state index is 5.21. The molecular weight excluding hydrogens is 250 g/mol. The lowest BCUT2D eigenvalue weighted by Crippen LogP contribution is -2.10. The van der Waals surface area contributed by atoms with Crippen LogP contribution in [0.25, 0.3) is 0 Å². The number of rotatable bonds is 6. The van der Waals surface area contributed by atoms with Crippen molar-refractivity contribution in [1.82, 2.24) is 9.78 Å². The molecule has 2 rings (SSSR count). The standard InChI is InChI=1S/C16H23N3O/c1-5-14(12-7-9-13(20-4)10-8-12)17-16-11-19(3)18-15(16)6-2/h7-11,14,17H,5-6H2,1-4H3. The minimum absolute atomic E-state index is 0.287. The van der Waals surface area contributed by atoms with Gasteiger partial charge in [-0.15, -0.1) is 0 Å². The highest BCUT2D eigenvalue weighted by molar-refractivity contribution is 5.48. The predicted molar refractivity (Wildman–Crippen MR) is 82.2 cm³/mol. The quantitative estimate of drug-likeness (QED) is 0.874. The Bertz CT molecular complexity index is 545. The Labute approximate surface area is 120 Å². The van der Waals surface area contributed by atoms with E-state index in [1.807, 2.05) is 30.1 Å². The van der Waals surface area contributed by atoms with Gasteiger partial charge < -0.3 is 10.1 Å². The molecule has 0 aliphatic heterocycles. The summed E-state index contributed by atoms with van der Waals surface area (Å²) in [5.41, 5.74) is 3.50. The number of aryl methyl sites for hydroxylation is 2. The number of hydrogen-bond acceptors (Lipinski definition) is 3. The van der Waals surface area contributed by atoms with E-state index in [1.54, 1.807) is 7.11 Å². The first-order valence-electron chi connectivity index (χ1n) is 7.10. The first-order valence-corrected chi connectivity index (χ1v) is 7.10. The zero-order valence-corrected chi connectivity index (χ0v) is 12.7. The van der Waals surface area contributed by atoms with E-state index in [1.165, 1.54) is 5.56 Å². The third kappa shape index (κ3) is 3.13. The Morgan fingerprint density at radius 1 is 1.25 bits per heavy atom. The Balaban J connectivity index is 2.19. The molecule has 0 amide bonds. The number of benzene rings is 1. The van der Waals surface area contributed by atoms with Crippen molar-refractivity contribution in [1.29, 1.82) is 0 Å². The summed E-state index contributed by atoms with van der Waals surface area (Å²) < 4.78 is 7.07. The molecule has 0 spiro atoms. The zero-order valence-electron chi connectivity index (χ0n) is 12.7. The molecule has 4 heteroatoms. The van der Waals surface area contributed by atoms with Crippen molar-refractivity contribution < 1.29 is 4.74 Å². The van der Waals surface area contributed by atoms with Gasteiger partial charge in [-0.2, -0.15) is 5.10 Å². The second-order valence-corrected chi connectivity index (χ2v) is 4.90. The van der Waals surface area contributed by atoms with E-state index >= 15 is 0 Å². The van der Waals surface area contributed by atoms with Gasteiger partial charge in [-0.3, -0.25) is 4.68 Å². The van der Waals surface area contributed by atoms with Crippen LogP contribution in [0.4, 0.5) is 5.69 Å². The highest BCUT2D eigenvalue weighted by Gasteiger charge is 2.13. The van der Waals surface area contributed by atoms with E-state index in [-0.39, 0.29) is 6.04 Å². The van der Waals surface area contributed by atoms with Crippen molar-refractivity contribution in [3.63, 3.8) is 0 Å². The van der Waals surface area contributed by atoms with E-state index < -0.39 is 0 Å². The smallest absolute Gasteiger partial charge is 0.118 e. The van der Waals surface area contributed by atoms with Crippen molar-refractivity contribution in [2.24, 2.45) is 7.05 Å². The number of nitrogens with zero attached hydrogens (tertiary/aromatic N) is 2. The Kier molecular flexibility index (Phi) is 4.66. The molecule has 0 bridgehead atoms. The van der Waals surface area contributed by atoms with Gasteiger partial charge in [-0.1, -0.05) is 26.0 Å². The lowest BCUT2D eigenvalue weighted by atomic mass is 10.0. The van der Waals surface area contributed by atoms with Gasteiger partial charge in [-0.05, 0) is 30.5 Å². The summed E-state index contributed by atoms with van der Waals surface area (Å²) in [5.74, 6) is 0.888. The molecule has 0 saturated carbocycles. The van der Waals surface area contributed by atoms with Crippen LogP contribution >= 0.6 is 0 Å². The van der Waals surface area contributed by atoms with Crippen LogP contribution in [0, 0.1) is 0 Å². The van der Waals surface area contributed by atoms with Gasteiger partial charge >= 0.3 is 0 Å². The van der Waals surface area contributed by atoms with Crippen molar-refractivity contribution in [3.8, 4) is 5.75 Å². The Hall–Kier alpha value is -1.97. The summed E-state index contributed by atoms with van der Waals surface area (Å²) >= 11 is 0. The minimum atomic E-state index is 0.287. The van der Waals surface area contributed by atoms with E-state index in [0.717, 1.165) is 30.0 Å². The number of aromatic nitrogens is 2. The highest BCUT2D eigenvalue weighted by atomic mass is 16.5. The average molecular weight is 273 g/mol. The molecule has 108 valence electrons. The molecule has 0 aliphatic rings. The summed E-state index contributed by atoms with van der Waals surface area (Å²) in [6.07, 6.45) is 4.00. The number of anilines is 1. The van der Waals surface area contributed by atoms with Crippen LogP contribution in [0.3, 0.4) is 0 Å². The molecular formula is C16H23N3O. The van der Waals surface area contributed by atoms with Gasteiger partial charge in [0.1, 0.15) is 5.75 Å². The zero-order chi connectivity index (χ0) is 14.5. The lowest BCUT2D eigenvalue weighted by Gasteiger charge is -2.18. The molecule has 1 aromatic carbocycles. The van der Waals surface area contributed by atoms with Crippen LogP contribution in [0.5, 0.6) is 5.75 Å². The maximum Gasteiger partial charge on any atom is 0.118 e. The van der Waals surface area contributed by atoms with Crippen LogP contribution < -0.4 is 10.1 Å². The molecule has 0 aliphatic carbocycles. The van der Waals surface area contributed by atoms with Crippen LogP contribution in [0.1, 0.15) is 37.6 Å². The van der Waals surface area contributed by atoms with E-state index in [2.05, 4.69) is 36.4 Å². The second kappa shape index (κ2) is 6.46. The SMILES string of the molecule is CCc1nn(C)cc1NC(CC)c1ccc(OC)cc1. The molecule has 1 atom stereocenters. The van der Waals surface area contributed by atoms with Crippen molar-refractivity contribution in [2.45, 2.75) is 32.7 Å². The monoisotopic (exact) mass is 273 g/mol. The molecule has 0 fully saturated rings. The molecule has 4 nitrogen and oxygen atoms in total. The fourth-order valence-corrected chi connectivity index (χ4v) is 2.36. The molecule has 1 unspecified atom stereocenters. The molecule has 2 aromatic rings. The first-order chi connectivity index (χ1) is 9.67. The van der Waals surface area contributed by atoms with Crippen molar-refractivity contribution in [2.75, 3.05) is 12.4 Å². The number of methoxy groups -OCH3 is 1. The predicted octanol–water partition coefficient (Wildman–Crippen LogP) is 3.55. The highest BCUT2D eigenvalue weighted by Crippen LogP contribution is 2.26. The normalized spacial score (nSPS) is 12.2. The van der Waals surface area contributed by atoms with Crippen LogP contribution in [-0.2, 0) is 13.5 Å². The van der Waals surface area contributed by atoms with E-state index in [0.29, 0.717) is 0 Å². The lowest BCUT2D eigenvalue weighted by molar-refractivity contribution is 0.414. The number of hydrogen-bond donors (Lipinski definition) is 1. The molecule has 20 heavy (non-hydrogen) atoms. The van der Waals surface area contributed by atoms with Gasteiger partial charge in [0.05, 0.1) is 24.5 Å². The summed E-state index contributed by atoms with van der Waals surface area (Å²) in [6, 6.07) is 8.52. The topological polar surface area (TPSA) is 39.1 Å². The first kappa shape index (κ1) is 14.4. The van der Waals surface area contributed by atoms with Crippen LogP contribution in [-0.4, -0.2) is 16.9 Å².